The number of carbonyl (C=O) groups excluding carboxylic acids is 1. The van der Waals surface area contributed by atoms with E-state index < -0.39 is 0 Å². The van der Waals surface area contributed by atoms with E-state index in [0.29, 0.717) is 24.8 Å². The molecule has 0 aromatic carbocycles. The van der Waals surface area contributed by atoms with Crippen LogP contribution in [0.1, 0.15) is 39.5 Å². The number of allylic oxidation sites excluding steroid dienone is 1. The third kappa shape index (κ3) is 7.72. The van der Waals surface area contributed by atoms with Crippen LogP contribution in [0.2, 0.25) is 0 Å². The summed E-state index contributed by atoms with van der Waals surface area (Å²) in [5.74, 6) is 0.308. The lowest BCUT2D eigenvalue weighted by atomic mass is 10.1. The van der Waals surface area contributed by atoms with E-state index in [-0.39, 0.29) is 0 Å². The van der Waals surface area contributed by atoms with Gasteiger partial charge in [0, 0.05) is 12.5 Å². The second-order valence-corrected chi connectivity index (χ2v) is 3.41. The van der Waals surface area contributed by atoms with Gasteiger partial charge in [0.1, 0.15) is 5.78 Å². The van der Waals surface area contributed by atoms with Gasteiger partial charge in [-0.2, -0.15) is 0 Å². The van der Waals surface area contributed by atoms with Crippen molar-refractivity contribution in [1.82, 2.24) is 5.32 Å². The fourth-order valence-corrected chi connectivity index (χ4v) is 0.964. The number of nitrogens with one attached hydrogen (secondary N) is 1. The quantitative estimate of drug-likeness (QED) is 0.462. The minimum Gasteiger partial charge on any atom is -0.308 e. The van der Waals surface area contributed by atoms with Gasteiger partial charge in [-0.3, -0.25) is 4.79 Å². The first-order valence-corrected chi connectivity index (χ1v) is 5.06. The number of hydrogen-bond donors (Lipinski definition) is 1. The van der Waals surface area contributed by atoms with E-state index in [4.69, 9.17) is 0 Å². The van der Waals surface area contributed by atoms with Crippen LogP contribution in [0, 0.1) is 0 Å². The summed E-state index contributed by atoms with van der Waals surface area (Å²) >= 11 is 0. The molecule has 0 saturated carbocycles. The van der Waals surface area contributed by atoms with Gasteiger partial charge in [0.2, 0.25) is 0 Å². The molecule has 1 unspecified atom stereocenters. The zero-order chi connectivity index (χ0) is 10.1. The summed E-state index contributed by atoms with van der Waals surface area (Å²) in [5.41, 5.74) is 0. The monoisotopic (exact) mass is 183 g/mol. The zero-order valence-electron chi connectivity index (χ0n) is 8.81. The van der Waals surface area contributed by atoms with Gasteiger partial charge in [0.25, 0.3) is 0 Å². The molecule has 76 valence electrons. The third-order valence-electron chi connectivity index (χ3n) is 2.12. The Labute approximate surface area is 81.4 Å². The maximum absolute atomic E-state index is 11.2. The average molecular weight is 183 g/mol. The summed E-state index contributed by atoms with van der Waals surface area (Å²) in [6.07, 6.45) is 5.48. The minimum atomic E-state index is 0.308. The SMILES string of the molecule is C=CCCCC(=O)CNC(C)CC. The molecule has 0 aliphatic carbocycles. The third-order valence-corrected chi connectivity index (χ3v) is 2.12. The van der Waals surface area contributed by atoms with Gasteiger partial charge in [0.15, 0.2) is 0 Å². The summed E-state index contributed by atoms with van der Waals surface area (Å²) < 4.78 is 0. The molecule has 2 nitrogen and oxygen atoms in total. The summed E-state index contributed by atoms with van der Waals surface area (Å²) in [5, 5.41) is 3.18. The summed E-state index contributed by atoms with van der Waals surface area (Å²) in [4.78, 5) is 11.2. The van der Waals surface area contributed by atoms with Crippen molar-refractivity contribution < 1.29 is 4.79 Å². The molecule has 0 aromatic heterocycles. The van der Waals surface area contributed by atoms with Crippen molar-refractivity contribution in [3.8, 4) is 0 Å². The van der Waals surface area contributed by atoms with Crippen LogP contribution in [0.5, 0.6) is 0 Å². The number of carbonyl (C=O) groups is 1. The van der Waals surface area contributed by atoms with E-state index in [9.17, 15) is 4.79 Å². The molecular formula is C11H21NO. The second-order valence-electron chi connectivity index (χ2n) is 3.41. The molecule has 0 radical (unpaired) electrons. The molecule has 0 aliphatic heterocycles. The molecule has 0 aliphatic rings. The van der Waals surface area contributed by atoms with Crippen LogP contribution in [-0.2, 0) is 4.79 Å². The van der Waals surface area contributed by atoms with Crippen molar-refractivity contribution in [3.05, 3.63) is 12.7 Å². The van der Waals surface area contributed by atoms with Crippen LogP contribution in [0.3, 0.4) is 0 Å². The smallest absolute Gasteiger partial charge is 0.146 e. The van der Waals surface area contributed by atoms with E-state index >= 15 is 0 Å². The molecule has 0 heterocycles. The predicted octanol–water partition coefficient (Wildman–Crippen LogP) is 2.30. The van der Waals surface area contributed by atoms with Crippen molar-refractivity contribution >= 4 is 5.78 Å². The van der Waals surface area contributed by atoms with Gasteiger partial charge in [-0.25, -0.2) is 0 Å². The van der Waals surface area contributed by atoms with Crippen molar-refractivity contribution in [1.29, 1.82) is 0 Å². The van der Waals surface area contributed by atoms with Gasteiger partial charge in [0.05, 0.1) is 6.54 Å². The van der Waals surface area contributed by atoms with Crippen LogP contribution < -0.4 is 5.32 Å². The minimum absolute atomic E-state index is 0.308. The van der Waals surface area contributed by atoms with Crippen LogP contribution >= 0.6 is 0 Å². The van der Waals surface area contributed by atoms with Crippen LogP contribution in [0.25, 0.3) is 0 Å². The number of unbranched alkanes of at least 4 members (excludes halogenated alkanes) is 1. The molecule has 13 heavy (non-hydrogen) atoms. The van der Waals surface area contributed by atoms with Crippen LogP contribution in [0.15, 0.2) is 12.7 Å². The Balaban J connectivity index is 3.34. The van der Waals surface area contributed by atoms with Crippen molar-refractivity contribution in [2.75, 3.05) is 6.54 Å². The number of ketones is 1. The molecule has 0 fully saturated rings. The van der Waals surface area contributed by atoms with E-state index in [1.165, 1.54) is 0 Å². The summed E-state index contributed by atoms with van der Waals surface area (Å²) in [7, 11) is 0. The van der Waals surface area contributed by atoms with E-state index in [0.717, 1.165) is 19.3 Å². The molecule has 0 amide bonds. The Morgan fingerprint density at radius 1 is 1.62 bits per heavy atom. The Hall–Kier alpha value is -0.630. The highest BCUT2D eigenvalue weighted by atomic mass is 16.1. The molecule has 0 spiro atoms. The van der Waals surface area contributed by atoms with E-state index in [2.05, 4.69) is 25.7 Å². The highest BCUT2D eigenvalue weighted by Gasteiger charge is 2.02. The Bertz CT molecular complexity index is 154. The number of hydrogen-bond acceptors (Lipinski definition) is 2. The summed E-state index contributed by atoms with van der Waals surface area (Å²) in [6, 6.07) is 0.448. The molecule has 0 aromatic rings. The average Bonchev–Trinajstić information content (AvgIpc) is 2.14. The maximum atomic E-state index is 11.2. The Morgan fingerprint density at radius 3 is 2.85 bits per heavy atom. The van der Waals surface area contributed by atoms with Crippen molar-refractivity contribution in [2.45, 2.75) is 45.6 Å². The van der Waals surface area contributed by atoms with E-state index in [1.807, 2.05) is 6.08 Å². The predicted molar refractivity (Wildman–Crippen MR) is 56.8 cm³/mol. The zero-order valence-corrected chi connectivity index (χ0v) is 8.81. The molecule has 0 rings (SSSR count). The first-order valence-electron chi connectivity index (χ1n) is 5.06. The Kier molecular flexibility index (Phi) is 7.60. The standard InChI is InChI=1S/C11H21NO/c1-4-6-7-8-11(13)9-12-10(3)5-2/h4,10,12H,1,5-9H2,2-3H3. The number of Topliss-reactive ketones (excluding diaryl/α,β-unsaturated/α-hetero) is 1. The van der Waals surface area contributed by atoms with Gasteiger partial charge >= 0.3 is 0 Å². The molecule has 1 atom stereocenters. The normalized spacial score (nSPS) is 12.5. The summed E-state index contributed by atoms with van der Waals surface area (Å²) in [6.45, 7) is 8.34. The van der Waals surface area contributed by atoms with Crippen molar-refractivity contribution in [2.24, 2.45) is 0 Å². The Morgan fingerprint density at radius 2 is 2.31 bits per heavy atom. The molecular weight excluding hydrogens is 162 g/mol. The first kappa shape index (κ1) is 12.4. The van der Waals surface area contributed by atoms with Crippen molar-refractivity contribution in [3.63, 3.8) is 0 Å². The highest BCUT2D eigenvalue weighted by molar-refractivity contribution is 5.80. The van der Waals surface area contributed by atoms with Gasteiger partial charge in [-0.05, 0) is 26.2 Å². The fraction of sp³-hybridized carbons (Fsp3) is 0.727. The molecule has 0 bridgehead atoms. The lowest BCUT2D eigenvalue weighted by molar-refractivity contribution is -0.118. The second kappa shape index (κ2) is 7.99. The van der Waals surface area contributed by atoms with Crippen LogP contribution in [-0.4, -0.2) is 18.4 Å². The molecule has 0 saturated heterocycles. The largest absolute Gasteiger partial charge is 0.308 e. The maximum Gasteiger partial charge on any atom is 0.146 e. The lowest BCUT2D eigenvalue weighted by Crippen LogP contribution is -2.30. The molecule has 2 heteroatoms. The lowest BCUT2D eigenvalue weighted by Gasteiger charge is -2.09. The van der Waals surface area contributed by atoms with Crippen LogP contribution in [0.4, 0.5) is 0 Å². The topological polar surface area (TPSA) is 29.1 Å². The molecule has 1 N–H and O–H groups in total. The number of rotatable bonds is 8. The fourth-order valence-electron chi connectivity index (χ4n) is 0.964. The van der Waals surface area contributed by atoms with Gasteiger partial charge < -0.3 is 5.32 Å². The van der Waals surface area contributed by atoms with Gasteiger partial charge in [-0.1, -0.05) is 13.0 Å². The van der Waals surface area contributed by atoms with Gasteiger partial charge in [-0.15, -0.1) is 6.58 Å². The first-order chi connectivity index (χ1) is 6.20. The highest BCUT2D eigenvalue weighted by Crippen LogP contribution is 1.96. The van der Waals surface area contributed by atoms with E-state index in [1.54, 1.807) is 0 Å².